The van der Waals surface area contributed by atoms with Crippen LogP contribution in [0, 0.1) is 6.92 Å². The molecule has 2 unspecified atom stereocenters. The van der Waals surface area contributed by atoms with Gasteiger partial charge in [-0.05, 0) is 19.1 Å². The van der Waals surface area contributed by atoms with Gasteiger partial charge in [0.2, 0.25) is 0 Å². The van der Waals surface area contributed by atoms with E-state index >= 15 is 0 Å². The first-order chi connectivity index (χ1) is 11.2. The van der Waals surface area contributed by atoms with Gasteiger partial charge in [0.15, 0.2) is 5.96 Å². The summed E-state index contributed by atoms with van der Waals surface area (Å²) in [4.78, 5) is 9.29. The highest BCUT2D eigenvalue weighted by Crippen LogP contribution is 2.16. The molecule has 3 N–H and O–H groups in total. The van der Waals surface area contributed by atoms with Crippen molar-refractivity contribution in [2.24, 2.45) is 4.99 Å². The third kappa shape index (κ3) is 4.04. The zero-order valence-electron chi connectivity index (χ0n) is 14.0. The summed E-state index contributed by atoms with van der Waals surface area (Å²) in [5.74, 6) is 2.09. The second-order valence-electron chi connectivity index (χ2n) is 6.29. The van der Waals surface area contributed by atoms with Crippen molar-refractivity contribution in [2.75, 3.05) is 52.9 Å². The Kier molecular flexibility index (Phi) is 5.20. The van der Waals surface area contributed by atoms with E-state index in [1.165, 1.54) is 13.1 Å². The van der Waals surface area contributed by atoms with E-state index in [0.717, 1.165) is 31.9 Å². The topological polar surface area (TPSA) is 76.3 Å². The average Bonchev–Trinajstić information content (AvgIpc) is 3.02. The van der Waals surface area contributed by atoms with Crippen LogP contribution in [0.2, 0.25) is 0 Å². The first-order valence-electron chi connectivity index (χ1n) is 8.31. The number of fused-ring (bicyclic) bond motifs is 3. The zero-order chi connectivity index (χ0) is 16.2. The van der Waals surface area contributed by atoms with Crippen LogP contribution in [0.3, 0.4) is 0 Å². The maximum Gasteiger partial charge on any atom is 0.191 e. The highest BCUT2D eigenvalue weighted by atomic mass is 16.4. The van der Waals surface area contributed by atoms with Crippen molar-refractivity contribution < 1.29 is 9.52 Å². The second kappa shape index (κ2) is 7.33. The number of nitrogens with one attached hydrogen (secondary N) is 2. The van der Waals surface area contributed by atoms with Crippen molar-refractivity contribution in [2.45, 2.75) is 19.1 Å². The van der Waals surface area contributed by atoms with Crippen LogP contribution in [0.4, 0.5) is 0 Å². The molecule has 3 aliphatic rings. The van der Waals surface area contributed by atoms with Crippen molar-refractivity contribution in [3.8, 4) is 0 Å². The van der Waals surface area contributed by atoms with E-state index in [9.17, 15) is 5.11 Å². The molecule has 4 heterocycles. The predicted octanol–water partition coefficient (Wildman–Crippen LogP) is -0.214. The number of hydrogen-bond acceptors (Lipinski definition) is 5. The fraction of sp³-hybridized carbons (Fsp3) is 0.688. The van der Waals surface area contributed by atoms with E-state index < -0.39 is 6.10 Å². The summed E-state index contributed by atoms with van der Waals surface area (Å²) >= 11 is 0. The third-order valence-corrected chi connectivity index (χ3v) is 4.67. The van der Waals surface area contributed by atoms with Crippen LogP contribution >= 0.6 is 0 Å². The highest BCUT2D eigenvalue weighted by Gasteiger charge is 2.31. The number of aliphatic imine (C=N–C) groups is 1. The molecule has 1 aromatic heterocycles. The van der Waals surface area contributed by atoms with Gasteiger partial charge in [-0.3, -0.25) is 14.8 Å². The lowest BCUT2D eigenvalue weighted by Crippen LogP contribution is -2.63. The van der Waals surface area contributed by atoms with E-state index in [2.05, 4.69) is 25.4 Å². The molecule has 0 amide bonds. The molecule has 0 spiro atoms. The van der Waals surface area contributed by atoms with Crippen molar-refractivity contribution >= 4 is 5.96 Å². The van der Waals surface area contributed by atoms with E-state index in [4.69, 9.17) is 4.42 Å². The molecule has 4 rings (SSSR count). The number of furan rings is 1. The summed E-state index contributed by atoms with van der Waals surface area (Å²) in [6.45, 7) is 8.94. The summed E-state index contributed by atoms with van der Waals surface area (Å²) in [5, 5.41) is 16.6. The lowest BCUT2D eigenvalue weighted by atomic mass is 10.1. The van der Waals surface area contributed by atoms with Crippen molar-refractivity contribution in [1.29, 1.82) is 0 Å². The number of hydrogen-bond donors (Lipinski definition) is 3. The second-order valence-corrected chi connectivity index (χ2v) is 6.29. The third-order valence-electron chi connectivity index (χ3n) is 4.67. The van der Waals surface area contributed by atoms with Gasteiger partial charge in [0, 0.05) is 52.4 Å². The highest BCUT2D eigenvalue weighted by molar-refractivity contribution is 5.79. The van der Waals surface area contributed by atoms with Crippen molar-refractivity contribution in [3.05, 3.63) is 23.7 Å². The SMILES string of the molecule is CN=C(NCC(O)c1ccc(C)o1)NCC1CN2CCN1CC2. The summed E-state index contributed by atoms with van der Waals surface area (Å²) < 4.78 is 5.44. The van der Waals surface area contributed by atoms with Gasteiger partial charge in [-0.25, -0.2) is 0 Å². The Bertz CT molecular complexity index is 536. The van der Waals surface area contributed by atoms with Crippen LogP contribution in [0.15, 0.2) is 21.5 Å². The zero-order valence-corrected chi connectivity index (χ0v) is 14.0. The molecule has 23 heavy (non-hydrogen) atoms. The Balaban J connectivity index is 1.43. The molecule has 0 aromatic carbocycles. The average molecular weight is 321 g/mol. The van der Waals surface area contributed by atoms with Crippen molar-refractivity contribution in [3.63, 3.8) is 0 Å². The summed E-state index contributed by atoms with van der Waals surface area (Å²) in [6, 6.07) is 4.19. The van der Waals surface area contributed by atoms with E-state index in [-0.39, 0.29) is 0 Å². The van der Waals surface area contributed by atoms with Gasteiger partial charge in [0.25, 0.3) is 0 Å². The smallest absolute Gasteiger partial charge is 0.191 e. The predicted molar refractivity (Wildman–Crippen MR) is 89.6 cm³/mol. The molecule has 0 aliphatic carbocycles. The summed E-state index contributed by atoms with van der Waals surface area (Å²) in [7, 11) is 1.75. The molecule has 2 atom stereocenters. The maximum atomic E-state index is 10.1. The van der Waals surface area contributed by atoms with Crippen LogP contribution < -0.4 is 10.6 Å². The Labute approximate surface area is 137 Å². The van der Waals surface area contributed by atoms with Gasteiger partial charge in [-0.1, -0.05) is 0 Å². The molecular weight excluding hydrogens is 294 g/mol. The maximum absolute atomic E-state index is 10.1. The standard InChI is InChI=1S/C16H27N5O2/c1-12-3-4-15(23-12)14(22)10-19-16(17-2)18-9-13-11-20-5-7-21(13)8-6-20/h3-4,13-14,22H,5-11H2,1-2H3,(H2,17,18,19). The molecule has 7 nitrogen and oxygen atoms in total. The molecule has 7 heteroatoms. The quantitative estimate of drug-likeness (QED) is 0.514. The Morgan fingerprint density at radius 3 is 2.70 bits per heavy atom. The van der Waals surface area contributed by atoms with Crippen LogP contribution in [0.5, 0.6) is 0 Å². The van der Waals surface area contributed by atoms with Gasteiger partial charge < -0.3 is 20.2 Å². The number of aliphatic hydroxyl groups excluding tert-OH is 1. The fourth-order valence-electron chi connectivity index (χ4n) is 3.28. The van der Waals surface area contributed by atoms with Gasteiger partial charge in [-0.2, -0.15) is 0 Å². The number of guanidine groups is 1. The van der Waals surface area contributed by atoms with E-state index in [0.29, 0.717) is 24.3 Å². The largest absolute Gasteiger partial charge is 0.464 e. The molecule has 2 bridgehead atoms. The molecular formula is C16H27N5O2. The number of aliphatic hydroxyl groups is 1. The molecule has 3 saturated heterocycles. The normalized spacial score (nSPS) is 28.7. The molecule has 0 radical (unpaired) electrons. The van der Waals surface area contributed by atoms with Crippen molar-refractivity contribution in [1.82, 2.24) is 20.4 Å². The lowest BCUT2D eigenvalue weighted by Gasteiger charge is -2.47. The summed E-state index contributed by atoms with van der Waals surface area (Å²) in [5.41, 5.74) is 0. The minimum absolute atomic E-state index is 0.368. The Morgan fingerprint density at radius 2 is 2.13 bits per heavy atom. The minimum atomic E-state index is -0.678. The summed E-state index contributed by atoms with van der Waals surface area (Å²) in [6.07, 6.45) is -0.678. The van der Waals surface area contributed by atoms with Crippen LogP contribution in [-0.4, -0.2) is 79.8 Å². The monoisotopic (exact) mass is 321 g/mol. The van der Waals surface area contributed by atoms with Gasteiger partial charge >= 0.3 is 0 Å². The van der Waals surface area contributed by atoms with E-state index in [1.54, 1.807) is 13.1 Å². The van der Waals surface area contributed by atoms with Gasteiger partial charge in [0.1, 0.15) is 17.6 Å². The number of nitrogens with zero attached hydrogens (tertiary/aromatic N) is 3. The molecule has 1 aromatic rings. The molecule has 3 aliphatic heterocycles. The Morgan fingerprint density at radius 1 is 1.35 bits per heavy atom. The minimum Gasteiger partial charge on any atom is -0.464 e. The first-order valence-corrected chi connectivity index (χ1v) is 8.31. The van der Waals surface area contributed by atoms with E-state index in [1.807, 2.05) is 13.0 Å². The Hall–Kier alpha value is -1.57. The fourth-order valence-corrected chi connectivity index (χ4v) is 3.28. The molecule has 3 fully saturated rings. The van der Waals surface area contributed by atoms with Gasteiger partial charge in [0.05, 0.1) is 6.54 Å². The van der Waals surface area contributed by atoms with Crippen LogP contribution in [-0.2, 0) is 0 Å². The number of aryl methyl sites for hydroxylation is 1. The number of piperazine rings is 3. The first kappa shape index (κ1) is 16.3. The molecule has 0 saturated carbocycles. The van der Waals surface area contributed by atoms with Crippen LogP contribution in [0.1, 0.15) is 17.6 Å². The number of rotatable bonds is 5. The lowest BCUT2D eigenvalue weighted by molar-refractivity contribution is 0.0154. The molecule has 128 valence electrons. The van der Waals surface area contributed by atoms with Crippen LogP contribution in [0.25, 0.3) is 0 Å². The van der Waals surface area contributed by atoms with Gasteiger partial charge in [-0.15, -0.1) is 0 Å².